The molecule has 1 heterocycles. The third kappa shape index (κ3) is 8.00. The topological polar surface area (TPSA) is 56.7 Å². The number of hydrogen-bond acceptors (Lipinski definition) is 3. The molecule has 2 N–H and O–H groups in total. The minimum absolute atomic E-state index is 0. The van der Waals surface area contributed by atoms with Gasteiger partial charge in [0.15, 0.2) is 5.96 Å². The monoisotopic (exact) mass is 530 g/mol. The van der Waals surface area contributed by atoms with Gasteiger partial charge in [-0.25, -0.2) is 0 Å². The maximum Gasteiger partial charge on any atom is 0.223 e. The van der Waals surface area contributed by atoms with Crippen molar-refractivity contribution in [2.45, 2.75) is 43.4 Å². The molecule has 1 aromatic rings. The van der Waals surface area contributed by atoms with E-state index < -0.39 is 0 Å². The van der Waals surface area contributed by atoms with E-state index in [4.69, 9.17) is 0 Å². The molecule has 1 saturated heterocycles. The van der Waals surface area contributed by atoms with E-state index in [9.17, 15) is 4.79 Å². The van der Waals surface area contributed by atoms with Crippen LogP contribution in [-0.4, -0.2) is 55.7 Å². The number of guanidine groups is 1. The van der Waals surface area contributed by atoms with Crippen LogP contribution >= 0.6 is 35.7 Å². The lowest BCUT2D eigenvalue weighted by Gasteiger charge is -2.23. The lowest BCUT2D eigenvalue weighted by molar-refractivity contribution is -0.125. The van der Waals surface area contributed by atoms with Crippen LogP contribution in [0.5, 0.6) is 0 Å². The molecule has 29 heavy (non-hydrogen) atoms. The Kier molecular flexibility index (Phi) is 11.2. The summed E-state index contributed by atoms with van der Waals surface area (Å²) in [5, 5.41) is 6.51. The number of nitrogens with zero attached hydrogens (tertiary/aromatic N) is 2. The Morgan fingerprint density at radius 1 is 1.10 bits per heavy atom. The molecule has 5 nitrogen and oxygen atoms in total. The van der Waals surface area contributed by atoms with Crippen molar-refractivity contribution in [3.05, 3.63) is 30.3 Å². The zero-order chi connectivity index (χ0) is 19.6. The number of thioether (sulfide) groups is 1. The van der Waals surface area contributed by atoms with Crippen molar-refractivity contribution in [3.63, 3.8) is 0 Å². The number of rotatable bonds is 7. The van der Waals surface area contributed by atoms with Crippen LogP contribution in [0.2, 0.25) is 0 Å². The molecule has 0 aromatic heterocycles. The summed E-state index contributed by atoms with van der Waals surface area (Å²) in [4.78, 5) is 20.4. The highest BCUT2D eigenvalue weighted by molar-refractivity contribution is 14.0. The van der Waals surface area contributed by atoms with Crippen molar-refractivity contribution in [2.24, 2.45) is 16.8 Å². The van der Waals surface area contributed by atoms with E-state index in [0.717, 1.165) is 44.2 Å². The van der Waals surface area contributed by atoms with Crippen LogP contribution in [-0.2, 0) is 4.79 Å². The molecule has 1 aliphatic carbocycles. The average molecular weight is 531 g/mol. The highest BCUT2D eigenvalue weighted by Gasteiger charge is 2.25. The number of benzene rings is 1. The third-order valence-corrected chi connectivity index (χ3v) is 6.95. The fourth-order valence-electron chi connectivity index (χ4n) is 4.09. The summed E-state index contributed by atoms with van der Waals surface area (Å²) in [6.45, 7) is 3.49. The Bertz CT molecular complexity index is 637. The average Bonchev–Trinajstić information content (AvgIpc) is 3.22. The summed E-state index contributed by atoms with van der Waals surface area (Å²) >= 11 is 1.94. The van der Waals surface area contributed by atoms with E-state index in [1.54, 1.807) is 0 Å². The van der Waals surface area contributed by atoms with Gasteiger partial charge in [0.1, 0.15) is 0 Å². The summed E-state index contributed by atoms with van der Waals surface area (Å²) in [7, 11) is 1.84. The largest absolute Gasteiger partial charge is 0.354 e. The first kappa shape index (κ1) is 24.3. The van der Waals surface area contributed by atoms with Gasteiger partial charge in [0.2, 0.25) is 5.91 Å². The van der Waals surface area contributed by atoms with Gasteiger partial charge in [0.05, 0.1) is 0 Å². The Morgan fingerprint density at radius 2 is 1.83 bits per heavy atom. The van der Waals surface area contributed by atoms with E-state index in [2.05, 4.69) is 50.9 Å². The SMILES string of the molecule is CN=C(NCCNC(=O)C1CCCCC1)N1CCC(CSc2ccccc2)C1.I. The first-order chi connectivity index (χ1) is 13.8. The van der Waals surface area contributed by atoms with Gasteiger partial charge in [-0.05, 0) is 37.3 Å². The molecular weight excluding hydrogens is 495 g/mol. The minimum Gasteiger partial charge on any atom is -0.354 e. The van der Waals surface area contributed by atoms with E-state index in [0.29, 0.717) is 12.5 Å². The van der Waals surface area contributed by atoms with E-state index in [1.807, 2.05) is 18.8 Å². The Balaban J connectivity index is 0.00000300. The van der Waals surface area contributed by atoms with Crippen molar-refractivity contribution in [3.8, 4) is 0 Å². The molecule has 1 saturated carbocycles. The Morgan fingerprint density at radius 3 is 2.55 bits per heavy atom. The first-order valence-electron chi connectivity index (χ1n) is 10.7. The van der Waals surface area contributed by atoms with Crippen molar-refractivity contribution >= 4 is 47.6 Å². The van der Waals surface area contributed by atoms with Gasteiger partial charge < -0.3 is 15.5 Å². The van der Waals surface area contributed by atoms with Crippen LogP contribution < -0.4 is 10.6 Å². The molecule has 7 heteroatoms. The number of halogens is 1. The molecule has 0 bridgehead atoms. The van der Waals surface area contributed by atoms with E-state index >= 15 is 0 Å². The molecule has 1 aromatic carbocycles. The van der Waals surface area contributed by atoms with Gasteiger partial charge in [-0.3, -0.25) is 9.79 Å². The van der Waals surface area contributed by atoms with Gasteiger partial charge in [0.25, 0.3) is 0 Å². The summed E-state index contributed by atoms with van der Waals surface area (Å²) in [6.07, 6.45) is 6.98. The number of carbonyl (C=O) groups excluding carboxylic acids is 1. The molecule has 162 valence electrons. The number of aliphatic imine (C=N–C) groups is 1. The highest BCUT2D eigenvalue weighted by Crippen LogP contribution is 2.26. The first-order valence-corrected chi connectivity index (χ1v) is 11.7. The predicted molar refractivity (Wildman–Crippen MR) is 133 cm³/mol. The second-order valence-electron chi connectivity index (χ2n) is 7.82. The van der Waals surface area contributed by atoms with E-state index in [-0.39, 0.29) is 35.8 Å². The Labute approximate surface area is 196 Å². The van der Waals surface area contributed by atoms with Crippen LogP contribution in [0.15, 0.2) is 40.2 Å². The van der Waals surface area contributed by atoms with Crippen LogP contribution in [0.1, 0.15) is 38.5 Å². The number of amides is 1. The maximum absolute atomic E-state index is 12.2. The molecule has 3 rings (SSSR count). The summed E-state index contributed by atoms with van der Waals surface area (Å²) in [6, 6.07) is 10.6. The van der Waals surface area contributed by atoms with Crippen molar-refractivity contribution < 1.29 is 4.79 Å². The number of hydrogen-bond donors (Lipinski definition) is 2. The summed E-state index contributed by atoms with van der Waals surface area (Å²) in [5.41, 5.74) is 0. The van der Waals surface area contributed by atoms with Gasteiger partial charge >= 0.3 is 0 Å². The standard InChI is InChI=1S/C22H34N4OS.HI/c1-23-22(25-14-13-24-21(27)19-8-4-2-5-9-19)26-15-12-18(16-26)17-28-20-10-6-3-7-11-20;/h3,6-7,10-11,18-19H,2,4-5,8-9,12-17H2,1H3,(H,23,25)(H,24,27);1H. The second kappa shape index (κ2) is 13.4. The fourth-order valence-corrected chi connectivity index (χ4v) is 5.14. The van der Waals surface area contributed by atoms with Crippen molar-refractivity contribution in [1.82, 2.24) is 15.5 Å². The number of carbonyl (C=O) groups is 1. The summed E-state index contributed by atoms with van der Waals surface area (Å²) < 4.78 is 0. The lowest BCUT2D eigenvalue weighted by atomic mass is 9.89. The van der Waals surface area contributed by atoms with Crippen LogP contribution in [0, 0.1) is 11.8 Å². The summed E-state index contributed by atoms with van der Waals surface area (Å²) in [5.74, 6) is 3.26. The number of nitrogens with one attached hydrogen (secondary N) is 2. The lowest BCUT2D eigenvalue weighted by Crippen LogP contribution is -2.44. The molecule has 1 atom stereocenters. The van der Waals surface area contributed by atoms with Gasteiger partial charge in [-0.1, -0.05) is 37.5 Å². The van der Waals surface area contributed by atoms with Crippen LogP contribution in [0.3, 0.4) is 0 Å². The third-order valence-electron chi connectivity index (χ3n) is 5.71. The molecular formula is C22H35IN4OS. The zero-order valence-electron chi connectivity index (χ0n) is 17.4. The molecule has 1 amide bonds. The molecule has 0 radical (unpaired) electrons. The maximum atomic E-state index is 12.2. The van der Waals surface area contributed by atoms with Crippen LogP contribution in [0.25, 0.3) is 0 Å². The minimum atomic E-state index is 0. The number of likely N-dealkylation sites (tertiary alicyclic amines) is 1. The molecule has 1 aliphatic heterocycles. The Hall–Kier alpha value is -0.960. The van der Waals surface area contributed by atoms with Gasteiger partial charge in [0, 0.05) is 49.8 Å². The van der Waals surface area contributed by atoms with Gasteiger partial charge in [-0.15, -0.1) is 35.7 Å². The van der Waals surface area contributed by atoms with Crippen molar-refractivity contribution in [1.29, 1.82) is 0 Å². The molecule has 2 fully saturated rings. The smallest absolute Gasteiger partial charge is 0.223 e. The zero-order valence-corrected chi connectivity index (χ0v) is 20.6. The van der Waals surface area contributed by atoms with Gasteiger partial charge in [-0.2, -0.15) is 0 Å². The predicted octanol–water partition coefficient (Wildman–Crippen LogP) is 3.99. The second-order valence-corrected chi connectivity index (χ2v) is 8.92. The molecule has 2 aliphatic rings. The van der Waals surface area contributed by atoms with Crippen molar-refractivity contribution in [2.75, 3.05) is 39.0 Å². The van der Waals surface area contributed by atoms with E-state index in [1.165, 1.54) is 30.6 Å². The highest BCUT2D eigenvalue weighted by atomic mass is 127. The molecule has 1 unspecified atom stereocenters. The fraction of sp³-hybridized carbons (Fsp3) is 0.636. The quantitative estimate of drug-likeness (QED) is 0.184. The normalized spacial score (nSPS) is 20.2. The molecule has 0 spiro atoms. The van der Waals surface area contributed by atoms with Crippen LogP contribution in [0.4, 0.5) is 0 Å².